The minimum Gasteiger partial charge on any atom is -0.484 e. The summed E-state index contributed by atoms with van der Waals surface area (Å²) in [6.07, 6.45) is -4.72. The van der Waals surface area contributed by atoms with Crippen molar-refractivity contribution in [2.75, 3.05) is 6.54 Å². The Labute approximate surface area is 115 Å². The van der Waals surface area contributed by atoms with Gasteiger partial charge < -0.3 is 10.5 Å². The van der Waals surface area contributed by atoms with Crippen LogP contribution in [0.2, 0.25) is 0 Å². The van der Waals surface area contributed by atoms with Crippen molar-refractivity contribution in [2.45, 2.75) is 12.3 Å². The number of alkyl halides is 3. The molecule has 0 bridgehead atoms. The molecule has 2 aromatic carbocycles. The Bertz CT molecular complexity index is 537. The fraction of sp³-hybridized carbons (Fsp3) is 0.200. The van der Waals surface area contributed by atoms with Crippen LogP contribution in [0.15, 0.2) is 54.6 Å². The molecular weight excluding hydrogens is 267 g/mol. The maximum atomic E-state index is 12.5. The molecule has 2 aromatic rings. The summed E-state index contributed by atoms with van der Waals surface area (Å²) in [6.45, 7) is 0.241. The van der Waals surface area contributed by atoms with Crippen molar-refractivity contribution in [3.8, 4) is 5.75 Å². The third-order valence-corrected chi connectivity index (χ3v) is 2.85. The molecule has 0 aliphatic carbocycles. The van der Waals surface area contributed by atoms with E-state index in [-0.39, 0.29) is 12.6 Å². The lowest BCUT2D eigenvalue weighted by molar-refractivity contribution is -0.137. The molecule has 0 radical (unpaired) electrons. The monoisotopic (exact) mass is 281 g/mol. The van der Waals surface area contributed by atoms with E-state index in [9.17, 15) is 13.2 Å². The van der Waals surface area contributed by atoms with Gasteiger partial charge in [0.2, 0.25) is 0 Å². The van der Waals surface area contributed by atoms with Gasteiger partial charge in [-0.15, -0.1) is 0 Å². The second-order valence-electron chi connectivity index (χ2n) is 4.28. The quantitative estimate of drug-likeness (QED) is 0.925. The topological polar surface area (TPSA) is 35.2 Å². The van der Waals surface area contributed by atoms with Crippen molar-refractivity contribution >= 4 is 0 Å². The molecule has 0 amide bonds. The molecule has 0 aliphatic rings. The van der Waals surface area contributed by atoms with Crippen molar-refractivity contribution in [2.24, 2.45) is 5.73 Å². The van der Waals surface area contributed by atoms with Gasteiger partial charge in [0, 0.05) is 6.54 Å². The molecule has 5 heteroatoms. The minimum atomic E-state index is -4.34. The summed E-state index contributed by atoms with van der Waals surface area (Å²) in [6, 6.07) is 13.9. The standard InChI is InChI=1S/C15H14F3NO/c16-15(17,18)12-6-8-13(9-7-12)20-14(10-19)11-4-2-1-3-5-11/h1-9,14H,10,19H2/t14-/m1/s1. The van der Waals surface area contributed by atoms with Gasteiger partial charge in [-0.25, -0.2) is 0 Å². The lowest BCUT2D eigenvalue weighted by Gasteiger charge is -2.18. The normalized spacial score (nSPS) is 13.0. The molecule has 0 aliphatic heterocycles. The molecule has 0 spiro atoms. The van der Waals surface area contributed by atoms with Crippen molar-refractivity contribution in [3.05, 3.63) is 65.7 Å². The molecule has 0 heterocycles. The average molecular weight is 281 g/mol. The average Bonchev–Trinajstić information content (AvgIpc) is 2.45. The Morgan fingerprint density at radius 2 is 1.55 bits per heavy atom. The van der Waals surface area contributed by atoms with E-state index < -0.39 is 11.7 Å². The van der Waals surface area contributed by atoms with Crippen LogP contribution in [-0.4, -0.2) is 6.54 Å². The van der Waals surface area contributed by atoms with Gasteiger partial charge in [0.1, 0.15) is 11.9 Å². The first kappa shape index (κ1) is 14.4. The van der Waals surface area contributed by atoms with E-state index >= 15 is 0 Å². The van der Waals surface area contributed by atoms with Gasteiger partial charge in [0.25, 0.3) is 0 Å². The summed E-state index contributed by atoms with van der Waals surface area (Å²) in [5, 5.41) is 0. The summed E-state index contributed by atoms with van der Waals surface area (Å²) in [7, 11) is 0. The summed E-state index contributed by atoms with van der Waals surface area (Å²) in [4.78, 5) is 0. The maximum absolute atomic E-state index is 12.5. The largest absolute Gasteiger partial charge is 0.484 e. The number of nitrogens with two attached hydrogens (primary N) is 1. The smallest absolute Gasteiger partial charge is 0.416 e. The van der Waals surface area contributed by atoms with Crippen molar-refractivity contribution in [1.29, 1.82) is 0 Å². The van der Waals surface area contributed by atoms with Gasteiger partial charge in [-0.1, -0.05) is 30.3 Å². The maximum Gasteiger partial charge on any atom is 0.416 e. The summed E-state index contributed by atoms with van der Waals surface area (Å²) >= 11 is 0. The van der Waals surface area contributed by atoms with Gasteiger partial charge in [0.05, 0.1) is 5.56 Å². The van der Waals surface area contributed by atoms with Crippen LogP contribution >= 0.6 is 0 Å². The molecule has 106 valence electrons. The second kappa shape index (κ2) is 5.96. The third kappa shape index (κ3) is 3.51. The number of benzene rings is 2. The van der Waals surface area contributed by atoms with E-state index in [1.54, 1.807) is 0 Å². The van der Waals surface area contributed by atoms with Crippen LogP contribution in [0.4, 0.5) is 13.2 Å². The van der Waals surface area contributed by atoms with Crippen molar-refractivity contribution in [3.63, 3.8) is 0 Å². The predicted octanol–water partition coefficient (Wildman–Crippen LogP) is 3.78. The number of halogens is 3. The number of rotatable bonds is 4. The van der Waals surface area contributed by atoms with Gasteiger partial charge in [-0.05, 0) is 29.8 Å². The first-order valence-electron chi connectivity index (χ1n) is 6.09. The van der Waals surface area contributed by atoms with Crippen LogP contribution in [0.3, 0.4) is 0 Å². The predicted molar refractivity (Wildman–Crippen MR) is 70.3 cm³/mol. The van der Waals surface area contributed by atoms with Crippen LogP contribution in [-0.2, 0) is 6.18 Å². The van der Waals surface area contributed by atoms with E-state index in [4.69, 9.17) is 10.5 Å². The highest BCUT2D eigenvalue weighted by Crippen LogP contribution is 2.31. The Kier molecular flexibility index (Phi) is 4.29. The highest BCUT2D eigenvalue weighted by Gasteiger charge is 2.30. The van der Waals surface area contributed by atoms with Gasteiger partial charge >= 0.3 is 6.18 Å². The van der Waals surface area contributed by atoms with Gasteiger partial charge in [0.15, 0.2) is 0 Å². The van der Waals surface area contributed by atoms with Gasteiger partial charge in [-0.2, -0.15) is 13.2 Å². The molecule has 2 N–H and O–H groups in total. The molecule has 0 saturated carbocycles. The summed E-state index contributed by atoms with van der Waals surface area (Å²) in [5.74, 6) is 0.359. The summed E-state index contributed by atoms with van der Waals surface area (Å²) in [5.41, 5.74) is 5.83. The molecule has 0 unspecified atom stereocenters. The highest BCUT2D eigenvalue weighted by atomic mass is 19.4. The van der Waals surface area contributed by atoms with E-state index in [1.165, 1.54) is 12.1 Å². The fourth-order valence-corrected chi connectivity index (χ4v) is 1.81. The Balaban J connectivity index is 2.13. The molecule has 2 rings (SSSR count). The number of hydrogen-bond acceptors (Lipinski definition) is 2. The highest BCUT2D eigenvalue weighted by molar-refractivity contribution is 5.30. The lowest BCUT2D eigenvalue weighted by Crippen LogP contribution is -2.18. The van der Waals surface area contributed by atoms with Crippen LogP contribution in [0.5, 0.6) is 5.75 Å². The lowest BCUT2D eigenvalue weighted by atomic mass is 10.1. The Morgan fingerprint density at radius 1 is 0.950 bits per heavy atom. The Morgan fingerprint density at radius 3 is 2.05 bits per heavy atom. The van der Waals surface area contributed by atoms with Crippen LogP contribution in [0.25, 0.3) is 0 Å². The molecule has 2 nitrogen and oxygen atoms in total. The second-order valence-corrected chi connectivity index (χ2v) is 4.28. The zero-order valence-electron chi connectivity index (χ0n) is 10.6. The van der Waals surface area contributed by atoms with Crippen molar-refractivity contribution in [1.82, 2.24) is 0 Å². The first-order chi connectivity index (χ1) is 9.50. The van der Waals surface area contributed by atoms with E-state index in [1.807, 2.05) is 30.3 Å². The molecule has 1 atom stereocenters. The van der Waals surface area contributed by atoms with Gasteiger partial charge in [-0.3, -0.25) is 0 Å². The number of ether oxygens (including phenoxy) is 1. The van der Waals surface area contributed by atoms with Crippen molar-refractivity contribution < 1.29 is 17.9 Å². The summed E-state index contributed by atoms with van der Waals surface area (Å²) < 4.78 is 43.0. The minimum absolute atomic E-state index is 0.241. The van der Waals surface area contributed by atoms with Crippen LogP contribution < -0.4 is 10.5 Å². The molecule has 0 saturated heterocycles. The third-order valence-electron chi connectivity index (χ3n) is 2.85. The zero-order valence-corrected chi connectivity index (χ0v) is 10.6. The fourth-order valence-electron chi connectivity index (χ4n) is 1.81. The van der Waals surface area contributed by atoms with E-state index in [0.29, 0.717) is 5.75 Å². The molecule has 0 fully saturated rings. The molecular formula is C15H14F3NO. The van der Waals surface area contributed by atoms with E-state index in [2.05, 4.69) is 0 Å². The van der Waals surface area contributed by atoms with Crippen LogP contribution in [0.1, 0.15) is 17.2 Å². The molecule has 20 heavy (non-hydrogen) atoms. The van der Waals surface area contributed by atoms with Crippen LogP contribution in [0, 0.1) is 0 Å². The Hall–Kier alpha value is -2.01. The zero-order chi connectivity index (χ0) is 14.6. The number of hydrogen-bond donors (Lipinski definition) is 1. The molecule has 0 aromatic heterocycles. The first-order valence-corrected chi connectivity index (χ1v) is 6.09. The SMILES string of the molecule is NC[C@@H](Oc1ccc(C(F)(F)F)cc1)c1ccccc1. The van der Waals surface area contributed by atoms with E-state index in [0.717, 1.165) is 17.7 Å².